The summed E-state index contributed by atoms with van der Waals surface area (Å²) < 4.78 is 5.28. The van der Waals surface area contributed by atoms with Crippen molar-refractivity contribution in [2.24, 2.45) is 11.8 Å². The number of benzene rings is 1. The number of aromatic amines is 1. The van der Waals surface area contributed by atoms with Crippen LogP contribution in [0.3, 0.4) is 0 Å². The number of anilines is 1. The molecular weight excluding hydrogens is 430 g/mol. The first-order chi connectivity index (χ1) is 16.7. The number of fused-ring (bicyclic) bond motifs is 2. The average molecular weight is 468 g/mol. The van der Waals surface area contributed by atoms with Crippen molar-refractivity contribution in [3.05, 3.63) is 24.3 Å². The first-order valence-corrected chi connectivity index (χ1v) is 12.9. The Hall–Kier alpha value is -2.45. The van der Waals surface area contributed by atoms with E-state index in [2.05, 4.69) is 15.1 Å². The van der Waals surface area contributed by atoms with Crippen molar-refractivity contribution in [2.45, 2.75) is 51.0 Å². The number of piperidine rings is 2. The molecule has 2 amide bonds. The predicted octanol–water partition coefficient (Wildman–Crippen LogP) is 3.05. The lowest BCUT2D eigenvalue weighted by Gasteiger charge is -2.46. The smallest absolute Gasteiger partial charge is 0.229 e. The van der Waals surface area contributed by atoms with Crippen LogP contribution in [-0.2, 0) is 14.3 Å². The van der Waals surface area contributed by atoms with E-state index in [0.29, 0.717) is 37.5 Å². The monoisotopic (exact) mass is 467 g/mol. The molecule has 0 saturated carbocycles. The normalized spacial score (nSPS) is 25.6. The molecule has 2 aromatic rings. The zero-order chi connectivity index (χ0) is 23.5. The van der Waals surface area contributed by atoms with E-state index >= 15 is 0 Å². The fourth-order valence-electron chi connectivity index (χ4n) is 6.26. The molecule has 3 atom stereocenters. The van der Waals surface area contributed by atoms with Crippen LogP contribution in [0, 0.1) is 11.8 Å². The molecule has 0 bridgehead atoms. The molecule has 8 nitrogen and oxygen atoms in total. The molecule has 4 heterocycles. The van der Waals surface area contributed by atoms with Gasteiger partial charge < -0.3 is 14.5 Å². The molecule has 34 heavy (non-hydrogen) atoms. The van der Waals surface area contributed by atoms with E-state index in [0.717, 1.165) is 23.9 Å². The Labute approximate surface area is 201 Å². The number of rotatable bonds is 8. The predicted molar refractivity (Wildman–Crippen MR) is 132 cm³/mol. The van der Waals surface area contributed by atoms with Crippen LogP contribution in [0.2, 0.25) is 0 Å². The highest BCUT2D eigenvalue weighted by Crippen LogP contribution is 2.33. The number of aromatic nitrogens is 2. The van der Waals surface area contributed by atoms with Gasteiger partial charge in [-0.15, -0.1) is 0 Å². The number of hydrogen-bond donors (Lipinski definition) is 1. The number of hydrogen-bond acceptors (Lipinski definition) is 5. The molecule has 5 rings (SSSR count). The SMILES string of the molecule is COCCCN(C[C@@H]1CCCN2CCCC[C@H]12)C(=O)[C@@H]1CC(=O)N(c2n[nH]c3ccccc23)C1. The van der Waals surface area contributed by atoms with E-state index in [1.807, 2.05) is 29.2 Å². The van der Waals surface area contributed by atoms with Gasteiger partial charge in [0.05, 0.1) is 11.4 Å². The molecular formula is C26H37N5O3. The second-order valence-corrected chi connectivity index (χ2v) is 10.1. The topological polar surface area (TPSA) is 81.8 Å². The standard InChI is InChI=1S/C26H37N5O3/c1-34-15-7-14-30(17-19-8-6-13-29-12-5-4-11-23(19)29)26(33)20-16-24(32)31(18-20)25-21-9-2-3-10-22(21)27-28-25/h2-3,9-10,19-20,23H,4-8,11-18H2,1H3,(H,27,28)/t19-,20+,23+/m0/s1. The van der Waals surface area contributed by atoms with Crippen LogP contribution in [0.1, 0.15) is 44.9 Å². The zero-order valence-corrected chi connectivity index (χ0v) is 20.2. The van der Waals surface area contributed by atoms with Crippen molar-refractivity contribution in [2.75, 3.05) is 51.3 Å². The fraction of sp³-hybridized carbons (Fsp3) is 0.654. The molecule has 3 saturated heterocycles. The molecule has 0 aliphatic carbocycles. The van der Waals surface area contributed by atoms with Crippen LogP contribution in [0.4, 0.5) is 5.82 Å². The Bertz CT molecular complexity index is 1010. The molecule has 8 heteroatoms. The maximum Gasteiger partial charge on any atom is 0.229 e. The maximum absolute atomic E-state index is 13.8. The number of carbonyl (C=O) groups is 2. The van der Waals surface area contributed by atoms with Crippen molar-refractivity contribution in [3.8, 4) is 0 Å². The van der Waals surface area contributed by atoms with Crippen LogP contribution in [-0.4, -0.2) is 84.3 Å². The maximum atomic E-state index is 13.8. The highest BCUT2D eigenvalue weighted by Gasteiger charge is 2.40. The quantitative estimate of drug-likeness (QED) is 0.604. The minimum atomic E-state index is -0.323. The number of amides is 2. The molecule has 1 N–H and O–H groups in total. The summed E-state index contributed by atoms with van der Waals surface area (Å²) in [4.78, 5) is 33.1. The molecule has 3 fully saturated rings. The van der Waals surface area contributed by atoms with Crippen molar-refractivity contribution in [1.82, 2.24) is 20.0 Å². The molecule has 0 radical (unpaired) electrons. The third-order valence-corrected chi connectivity index (χ3v) is 7.95. The van der Waals surface area contributed by atoms with Crippen molar-refractivity contribution in [3.63, 3.8) is 0 Å². The molecule has 1 aromatic heterocycles. The first-order valence-electron chi connectivity index (χ1n) is 12.9. The Morgan fingerprint density at radius 1 is 1.21 bits per heavy atom. The van der Waals surface area contributed by atoms with Gasteiger partial charge in [0, 0.05) is 51.2 Å². The zero-order valence-electron chi connectivity index (χ0n) is 20.2. The van der Waals surface area contributed by atoms with Crippen LogP contribution >= 0.6 is 0 Å². The Kier molecular flexibility index (Phi) is 7.15. The molecule has 0 unspecified atom stereocenters. The van der Waals surface area contributed by atoms with E-state index in [4.69, 9.17) is 4.74 Å². The van der Waals surface area contributed by atoms with Crippen LogP contribution in [0.25, 0.3) is 10.9 Å². The molecule has 1 aromatic carbocycles. The van der Waals surface area contributed by atoms with Gasteiger partial charge in [0.25, 0.3) is 0 Å². The van der Waals surface area contributed by atoms with Gasteiger partial charge in [-0.1, -0.05) is 18.6 Å². The number of nitrogens with zero attached hydrogens (tertiary/aromatic N) is 4. The lowest BCUT2D eigenvalue weighted by molar-refractivity contribution is -0.137. The lowest BCUT2D eigenvalue weighted by atomic mass is 9.83. The summed E-state index contributed by atoms with van der Waals surface area (Å²) in [5.74, 6) is 0.913. The van der Waals surface area contributed by atoms with Gasteiger partial charge in [-0.2, -0.15) is 5.10 Å². The average Bonchev–Trinajstić information content (AvgIpc) is 3.46. The molecule has 184 valence electrons. The van der Waals surface area contributed by atoms with Gasteiger partial charge in [-0.3, -0.25) is 19.6 Å². The Morgan fingerprint density at radius 3 is 2.94 bits per heavy atom. The molecule has 3 aliphatic rings. The van der Waals surface area contributed by atoms with E-state index in [-0.39, 0.29) is 24.2 Å². The van der Waals surface area contributed by atoms with Gasteiger partial charge >= 0.3 is 0 Å². The largest absolute Gasteiger partial charge is 0.385 e. The second kappa shape index (κ2) is 10.4. The van der Waals surface area contributed by atoms with E-state index < -0.39 is 0 Å². The number of nitrogens with one attached hydrogen (secondary N) is 1. The van der Waals surface area contributed by atoms with Gasteiger partial charge in [0.2, 0.25) is 11.8 Å². The number of ether oxygens (including phenoxy) is 1. The number of H-pyrrole nitrogens is 1. The molecule has 0 spiro atoms. The summed E-state index contributed by atoms with van der Waals surface area (Å²) >= 11 is 0. The summed E-state index contributed by atoms with van der Waals surface area (Å²) in [5, 5.41) is 8.33. The highest BCUT2D eigenvalue weighted by molar-refractivity contribution is 6.05. The van der Waals surface area contributed by atoms with Crippen LogP contribution in [0.15, 0.2) is 24.3 Å². The summed E-state index contributed by atoms with van der Waals surface area (Å²) in [7, 11) is 1.70. The summed E-state index contributed by atoms with van der Waals surface area (Å²) in [6.45, 7) is 4.91. The third kappa shape index (κ3) is 4.70. The summed E-state index contributed by atoms with van der Waals surface area (Å²) in [5.41, 5.74) is 0.899. The van der Waals surface area contributed by atoms with Gasteiger partial charge in [-0.25, -0.2) is 0 Å². The number of carbonyl (C=O) groups excluding carboxylic acids is 2. The fourth-order valence-corrected chi connectivity index (χ4v) is 6.26. The van der Waals surface area contributed by atoms with Gasteiger partial charge in [0.15, 0.2) is 5.82 Å². The van der Waals surface area contributed by atoms with Crippen molar-refractivity contribution < 1.29 is 14.3 Å². The minimum absolute atomic E-state index is 0.0245. The lowest BCUT2D eigenvalue weighted by Crippen LogP contribution is -2.52. The third-order valence-electron chi connectivity index (χ3n) is 7.95. The summed E-state index contributed by atoms with van der Waals surface area (Å²) in [6, 6.07) is 8.40. The Balaban J connectivity index is 1.30. The second-order valence-electron chi connectivity index (χ2n) is 10.1. The van der Waals surface area contributed by atoms with Gasteiger partial charge in [0.1, 0.15) is 0 Å². The van der Waals surface area contributed by atoms with E-state index in [9.17, 15) is 9.59 Å². The van der Waals surface area contributed by atoms with Crippen molar-refractivity contribution in [1.29, 1.82) is 0 Å². The Morgan fingerprint density at radius 2 is 2.06 bits per heavy atom. The number of methoxy groups -OCH3 is 1. The van der Waals surface area contributed by atoms with Crippen LogP contribution in [0.5, 0.6) is 0 Å². The summed E-state index contributed by atoms with van der Waals surface area (Å²) in [6.07, 6.45) is 7.29. The highest BCUT2D eigenvalue weighted by atomic mass is 16.5. The molecule has 3 aliphatic heterocycles. The first kappa shape index (κ1) is 23.3. The van der Waals surface area contributed by atoms with E-state index in [1.165, 1.54) is 45.2 Å². The van der Waals surface area contributed by atoms with E-state index in [1.54, 1.807) is 12.0 Å². The minimum Gasteiger partial charge on any atom is -0.385 e. The van der Waals surface area contributed by atoms with Crippen LogP contribution < -0.4 is 4.90 Å². The van der Waals surface area contributed by atoms with Gasteiger partial charge in [-0.05, 0) is 63.2 Å². The number of para-hydroxylation sites is 1. The van der Waals surface area contributed by atoms with Crippen molar-refractivity contribution >= 4 is 28.5 Å².